The van der Waals surface area contributed by atoms with Crippen molar-refractivity contribution < 1.29 is 18.0 Å². The fourth-order valence-corrected chi connectivity index (χ4v) is 2.36. The number of aromatic nitrogens is 2. The summed E-state index contributed by atoms with van der Waals surface area (Å²) in [6, 6.07) is 8.67. The molecule has 0 radical (unpaired) electrons. The lowest BCUT2D eigenvalue weighted by molar-refractivity contribution is 0.102. The van der Waals surface area contributed by atoms with Gasteiger partial charge in [-0.3, -0.25) is 4.79 Å². The number of nitrogens with one attached hydrogen (secondary N) is 2. The van der Waals surface area contributed by atoms with Gasteiger partial charge in [-0.1, -0.05) is 12.1 Å². The molecule has 0 saturated carbocycles. The minimum absolute atomic E-state index is 0.0244. The molecule has 5 nitrogen and oxygen atoms in total. The van der Waals surface area contributed by atoms with Crippen molar-refractivity contribution in [3.63, 3.8) is 0 Å². The average Bonchev–Trinajstić information content (AvgIpc) is 2.66. The number of nitrogens with zero attached hydrogens (tertiary/aromatic N) is 2. The Morgan fingerprint density at radius 3 is 2.52 bits per heavy atom. The Labute approximate surface area is 153 Å². The Morgan fingerprint density at radius 2 is 1.74 bits per heavy atom. The lowest BCUT2D eigenvalue weighted by atomic mass is 10.1. The van der Waals surface area contributed by atoms with Crippen LogP contribution in [0.15, 0.2) is 42.6 Å². The quantitative estimate of drug-likeness (QED) is 0.662. The predicted octanol–water partition coefficient (Wildman–Crippen LogP) is 4.51. The van der Waals surface area contributed by atoms with Crippen molar-refractivity contribution in [3.05, 3.63) is 76.9 Å². The summed E-state index contributed by atoms with van der Waals surface area (Å²) in [5.74, 6) is -4.93. The van der Waals surface area contributed by atoms with Crippen LogP contribution < -0.4 is 10.6 Å². The number of hydrogen-bond donors (Lipinski definition) is 2. The van der Waals surface area contributed by atoms with Gasteiger partial charge in [-0.25, -0.2) is 23.1 Å². The molecule has 3 rings (SSSR count). The van der Waals surface area contributed by atoms with E-state index < -0.39 is 23.4 Å². The molecule has 0 spiro atoms. The van der Waals surface area contributed by atoms with Crippen LogP contribution in [0, 0.1) is 31.3 Å². The van der Waals surface area contributed by atoms with E-state index in [9.17, 15) is 18.0 Å². The molecule has 1 heterocycles. The van der Waals surface area contributed by atoms with Gasteiger partial charge in [-0.2, -0.15) is 0 Å². The minimum atomic E-state index is -1.61. The first kappa shape index (κ1) is 18.4. The summed E-state index contributed by atoms with van der Waals surface area (Å²) in [6.45, 7) is 3.80. The zero-order chi connectivity index (χ0) is 19.6. The molecule has 0 atom stereocenters. The van der Waals surface area contributed by atoms with Crippen LogP contribution in [0.1, 0.15) is 21.6 Å². The van der Waals surface area contributed by atoms with Crippen molar-refractivity contribution in [2.24, 2.45) is 0 Å². The summed E-state index contributed by atoms with van der Waals surface area (Å²) in [7, 11) is 0. The first-order valence-corrected chi connectivity index (χ1v) is 7.98. The van der Waals surface area contributed by atoms with Gasteiger partial charge in [0.05, 0.1) is 5.69 Å². The van der Waals surface area contributed by atoms with Gasteiger partial charge in [0.2, 0.25) is 5.95 Å². The van der Waals surface area contributed by atoms with Crippen molar-refractivity contribution in [2.45, 2.75) is 13.8 Å². The van der Waals surface area contributed by atoms with E-state index in [0.717, 1.165) is 23.3 Å². The van der Waals surface area contributed by atoms with Crippen LogP contribution >= 0.6 is 0 Å². The Balaban J connectivity index is 1.82. The maximum atomic E-state index is 13.8. The molecule has 27 heavy (non-hydrogen) atoms. The van der Waals surface area contributed by atoms with Gasteiger partial charge >= 0.3 is 0 Å². The van der Waals surface area contributed by atoms with E-state index in [1.807, 2.05) is 26.0 Å². The number of rotatable bonds is 4. The number of anilines is 3. The summed E-state index contributed by atoms with van der Waals surface area (Å²) < 4.78 is 40.1. The fraction of sp³-hybridized carbons (Fsp3) is 0.105. The van der Waals surface area contributed by atoms with Crippen molar-refractivity contribution in [3.8, 4) is 0 Å². The number of carbonyl (C=O) groups is 1. The van der Waals surface area contributed by atoms with Crippen LogP contribution in [0.3, 0.4) is 0 Å². The lowest BCUT2D eigenvalue weighted by Gasteiger charge is -2.11. The van der Waals surface area contributed by atoms with Crippen LogP contribution in [0.4, 0.5) is 30.5 Å². The van der Waals surface area contributed by atoms with Gasteiger partial charge < -0.3 is 10.6 Å². The maximum absolute atomic E-state index is 13.8. The third-order valence-electron chi connectivity index (χ3n) is 4.02. The second-order valence-corrected chi connectivity index (χ2v) is 5.81. The molecule has 2 N–H and O–H groups in total. The Hall–Kier alpha value is -3.42. The Morgan fingerprint density at radius 1 is 0.963 bits per heavy atom. The van der Waals surface area contributed by atoms with Gasteiger partial charge in [0, 0.05) is 11.9 Å². The summed E-state index contributed by atoms with van der Waals surface area (Å²) in [5.41, 5.74) is 2.26. The highest BCUT2D eigenvalue weighted by Gasteiger charge is 2.15. The standard InChI is InChI=1S/C19H15F3N4O/c1-10-4-3-5-13(11(10)2)24-18(27)15-8-9-23-19(26-15)25-14-7-6-12(20)16(21)17(14)22/h3-9H,1-2H3,(H,24,27)(H,23,25,26). The van der Waals surface area contributed by atoms with Gasteiger partial charge in [0.1, 0.15) is 5.69 Å². The Bertz CT molecular complexity index is 1020. The summed E-state index contributed by atoms with van der Waals surface area (Å²) >= 11 is 0. The normalized spacial score (nSPS) is 10.6. The molecule has 0 fully saturated rings. The van der Waals surface area contributed by atoms with E-state index >= 15 is 0 Å². The monoisotopic (exact) mass is 372 g/mol. The number of aryl methyl sites for hydroxylation is 1. The molecule has 0 unspecified atom stereocenters. The van der Waals surface area contributed by atoms with E-state index in [1.54, 1.807) is 6.07 Å². The highest BCUT2D eigenvalue weighted by Crippen LogP contribution is 2.22. The second-order valence-electron chi connectivity index (χ2n) is 5.81. The average molecular weight is 372 g/mol. The molecule has 2 aromatic carbocycles. The molecule has 138 valence electrons. The maximum Gasteiger partial charge on any atom is 0.274 e. The molecular formula is C19H15F3N4O. The Kier molecular flexibility index (Phi) is 5.07. The van der Waals surface area contributed by atoms with Gasteiger partial charge in [-0.15, -0.1) is 0 Å². The SMILES string of the molecule is Cc1cccc(NC(=O)c2ccnc(Nc3ccc(F)c(F)c3F)n2)c1C. The molecule has 1 aromatic heterocycles. The highest BCUT2D eigenvalue weighted by atomic mass is 19.2. The molecule has 0 aliphatic rings. The number of carbonyl (C=O) groups excluding carboxylic acids is 1. The predicted molar refractivity (Wildman–Crippen MR) is 95.5 cm³/mol. The van der Waals surface area contributed by atoms with Gasteiger partial charge in [0.15, 0.2) is 17.5 Å². The van der Waals surface area contributed by atoms with Crippen molar-refractivity contribution in [1.82, 2.24) is 9.97 Å². The number of halogens is 3. The van der Waals surface area contributed by atoms with E-state index in [0.29, 0.717) is 5.69 Å². The van der Waals surface area contributed by atoms with Gasteiger partial charge in [-0.05, 0) is 49.2 Å². The third kappa shape index (κ3) is 3.89. The van der Waals surface area contributed by atoms with Gasteiger partial charge in [0.25, 0.3) is 5.91 Å². The van der Waals surface area contributed by atoms with Crippen LogP contribution in [0.25, 0.3) is 0 Å². The minimum Gasteiger partial charge on any atom is -0.322 e. The zero-order valence-electron chi connectivity index (χ0n) is 14.5. The van der Waals surface area contributed by atoms with E-state index in [2.05, 4.69) is 20.6 Å². The zero-order valence-corrected chi connectivity index (χ0v) is 14.5. The van der Waals surface area contributed by atoms with E-state index in [4.69, 9.17) is 0 Å². The largest absolute Gasteiger partial charge is 0.322 e. The molecule has 0 bridgehead atoms. The summed E-state index contributed by atoms with van der Waals surface area (Å²) in [6.07, 6.45) is 1.30. The molecule has 0 aliphatic carbocycles. The lowest BCUT2D eigenvalue weighted by Crippen LogP contribution is -2.15. The second kappa shape index (κ2) is 7.45. The van der Waals surface area contributed by atoms with Crippen LogP contribution in [-0.4, -0.2) is 15.9 Å². The number of hydrogen-bond acceptors (Lipinski definition) is 4. The molecule has 3 aromatic rings. The molecule has 0 saturated heterocycles. The van der Waals surface area contributed by atoms with Crippen LogP contribution in [0.2, 0.25) is 0 Å². The van der Waals surface area contributed by atoms with E-state index in [1.165, 1.54) is 12.3 Å². The third-order valence-corrected chi connectivity index (χ3v) is 4.02. The first-order valence-electron chi connectivity index (χ1n) is 7.98. The van der Waals surface area contributed by atoms with Crippen LogP contribution in [0.5, 0.6) is 0 Å². The summed E-state index contributed by atoms with van der Waals surface area (Å²) in [5, 5.41) is 5.18. The first-order chi connectivity index (χ1) is 12.9. The molecule has 0 aliphatic heterocycles. The smallest absolute Gasteiger partial charge is 0.274 e. The molecule has 1 amide bonds. The van der Waals surface area contributed by atoms with Crippen molar-refractivity contribution >= 4 is 23.2 Å². The number of benzene rings is 2. The molecular weight excluding hydrogens is 357 g/mol. The molecule has 8 heteroatoms. The van der Waals surface area contributed by atoms with Crippen molar-refractivity contribution in [2.75, 3.05) is 10.6 Å². The summed E-state index contributed by atoms with van der Waals surface area (Å²) in [4.78, 5) is 20.3. The number of amides is 1. The van der Waals surface area contributed by atoms with Crippen molar-refractivity contribution in [1.29, 1.82) is 0 Å². The van der Waals surface area contributed by atoms with E-state index in [-0.39, 0.29) is 17.3 Å². The topological polar surface area (TPSA) is 66.9 Å². The van der Waals surface area contributed by atoms with Crippen LogP contribution in [-0.2, 0) is 0 Å². The highest BCUT2D eigenvalue weighted by molar-refractivity contribution is 6.03. The fourth-order valence-electron chi connectivity index (χ4n) is 2.36.